The molecule has 1 N–H and O–H groups in total. The molecule has 0 aliphatic rings. The second-order valence-electron chi connectivity index (χ2n) is 2.60. The molecule has 0 spiro atoms. The van der Waals surface area contributed by atoms with Crippen LogP contribution < -0.4 is 5.56 Å². The van der Waals surface area contributed by atoms with Crippen molar-refractivity contribution in [2.24, 2.45) is 7.05 Å². The zero-order valence-corrected chi connectivity index (χ0v) is 10.4. The lowest BCUT2D eigenvalue weighted by Crippen LogP contribution is -2.05. The molecule has 0 amide bonds. The summed E-state index contributed by atoms with van der Waals surface area (Å²) in [6.45, 7) is 1.98. The number of aliphatic hydroxyl groups is 1. The number of halogens is 2. The normalized spacial score (nSPS) is 11.8. The van der Waals surface area contributed by atoms with Crippen LogP contribution in [0.4, 0.5) is 0 Å². The Morgan fingerprint density at radius 1 is 1.71 bits per heavy atom. The van der Waals surface area contributed by atoms with Crippen LogP contribution in [0.25, 0.3) is 0 Å². The first-order chi connectivity index (χ1) is 6.47. The number of aliphatic hydroxyl groups excluding tert-OH is 1. The molecule has 82 valence electrons. The zero-order chi connectivity index (χ0) is 11.1. The summed E-state index contributed by atoms with van der Waals surface area (Å²) in [5, 5.41) is 8.32. The second kappa shape index (κ2) is 7.29. The minimum absolute atomic E-state index is 0.0417. The lowest BCUT2D eigenvalue weighted by molar-refractivity contribution is 0.244. The van der Waals surface area contributed by atoms with Crippen LogP contribution in [0, 0.1) is 0 Å². The molecule has 6 heteroatoms. The molecule has 1 unspecified atom stereocenters. The van der Waals surface area contributed by atoms with Crippen molar-refractivity contribution in [3.8, 4) is 0 Å². The van der Waals surface area contributed by atoms with Gasteiger partial charge in [0, 0.05) is 13.1 Å². The Hall–Kier alpha value is -0.0300. The molecule has 0 aromatic carbocycles. The third kappa shape index (κ3) is 6.43. The van der Waals surface area contributed by atoms with Crippen LogP contribution in [0.15, 0.2) is 10.9 Å². The maximum atomic E-state index is 10.5. The number of rotatable bonds is 2. The van der Waals surface area contributed by atoms with Crippen LogP contribution in [-0.4, -0.2) is 14.6 Å². The fourth-order valence-electron chi connectivity index (χ4n) is 0.628. The van der Waals surface area contributed by atoms with E-state index in [4.69, 9.17) is 28.3 Å². The van der Waals surface area contributed by atoms with E-state index in [1.165, 1.54) is 21.6 Å². The zero-order valence-electron chi connectivity index (χ0n) is 8.04. The summed E-state index contributed by atoms with van der Waals surface area (Å²) in [4.78, 5) is 10.5. The van der Waals surface area contributed by atoms with Crippen molar-refractivity contribution in [1.82, 2.24) is 3.96 Å². The molecule has 0 radical (unpaired) electrons. The Balaban J connectivity index is 0.000000255. The average molecular weight is 258 g/mol. The van der Waals surface area contributed by atoms with E-state index < -0.39 is 5.56 Å². The van der Waals surface area contributed by atoms with Gasteiger partial charge in [-0.15, -0.1) is 0 Å². The highest BCUT2D eigenvalue weighted by atomic mass is 35.5. The Kier molecular flexibility index (Phi) is 7.27. The van der Waals surface area contributed by atoms with Gasteiger partial charge in [-0.3, -0.25) is 8.75 Å². The molecule has 0 bridgehead atoms. The Bertz CT molecular complexity index is 309. The van der Waals surface area contributed by atoms with Gasteiger partial charge in [-0.2, -0.15) is 0 Å². The molecule has 1 aromatic rings. The molecule has 1 aromatic heterocycles. The number of aryl methyl sites for hydroxylation is 1. The molecule has 0 fully saturated rings. The topological polar surface area (TPSA) is 42.2 Å². The van der Waals surface area contributed by atoms with Crippen LogP contribution in [-0.2, 0) is 7.05 Å². The SMILES string of the molecule is CCCC(O)Cl.Cn1sc(Cl)cc1=O. The van der Waals surface area contributed by atoms with Crippen molar-refractivity contribution < 1.29 is 5.11 Å². The van der Waals surface area contributed by atoms with E-state index in [0.717, 1.165) is 6.42 Å². The van der Waals surface area contributed by atoms with Crippen molar-refractivity contribution >= 4 is 34.7 Å². The van der Waals surface area contributed by atoms with Crippen molar-refractivity contribution in [2.75, 3.05) is 0 Å². The summed E-state index contributed by atoms with van der Waals surface area (Å²) in [7, 11) is 1.68. The van der Waals surface area contributed by atoms with Gasteiger partial charge in [-0.05, 0) is 18.0 Å². The van der Waals surface area contributed by atoms with Crippen molar-refractivity contribution in [3.63, 3.8) is 0 Å². The Morgan fingerprint density at radius 3 is 2.36 bits per heavy atom. The largest absolute Gasteiger partial charge is 0.378 e. The first kappa shape index (κ1) is 14.0. The van der Waals surface area contributed by atoms with E-state index in [1.807, 2.05) is 6.92 Å². The maximum absolute atomic E-state index is 10.5. The molecule has 1 atom stereocenters. The third-order valence-electron chi connectivity index (χ3n) is 1.30. The van der Waals surface area contributed by atoms with Gasteiger partial charge in [0.2, 0.25) is 0 Å². The summed E-state index contributed by atoms with van der Waals surface area (Å²) < 4.78 is 2.01. The van der Waals surface area contributed by atoms with Gasteiger partial charge in [0.25, 0.3) is 5.56 Å². The molecule has 14 heavy (non-hydrogen) atoms. The molecule has 3 nitrogen and oxygen atoms in total. The average Bonchev–Trinajstić information content (AvgIpc) is 2.30. The standard InChI is InChI=1S/C4H4ClNOS.C4H9ClO/c1-6-4(7)2-3(5)8-6;1-2-3-4(5)6/h2H,1H3;4,6H,2-3H2,1H3. The second-order valence-corrected chi connectivity index (χ2v) is 4.90. The number of aromatic nitrogens is 1. The lowest BCUT2D eigenvalue weighted by Gasteiger charge is -1.92. The van der Waals surface area contributed by atoms with Gasteiger partial charge < -0.3 is 5.11 Å². The maximum Gasteiger partial charge on any atom is 0.261 e. The minimum atomic E-state index is -0.630. The molecule has 0 aliphatic heterocycles. The number of hydrogen-bond donors (Lipinski definition) is 1. The molecule has 0 saturated heterocycles. The summed E-state index contributed by atoms with van der Waals surface area (Å²) in [5.41, 5.74) is -0.671. The highest BCUT2D eigenvalue weighted by Gasteiger charge is 1.93. The van der Waals surface area contributed by atoms with E-state index in [0.29, 0.717) is 10.8 Å². The van der Waals surface area contributed by atoms with E-state index in [2.05, 4.69) is 0 Å². The van der Waals surface area contributed by atoms with Crippen LogP contribution >= 0.6 is 34.7 Å². The number of nitrogens with zero attached hydrogens (tertiary/aromatic N) is 1. The van der Waals surface area contributed by atoms with E-state index in [9.17, 15) is 4.79 Å². The quantitative estimate of drug-likeness (QED) is 0.828. The lowest BCUT2D eigenvalue weighted by atomic mass is 10.4. The minimum Gasteiger partial charge on any atom is -0.378 e. The highest BCUT2D eigenvalue weighted by Crippen LogP contribution is 2.09. The van der Waals surface area contributed by atoms with Crippen molar-refractivity contribution in [1.29, 1.82) is 0 Å². The summed E-state index contributed by atoms with van der Waals surface area (Å²) >= 11 is 11.8. The fraction of sp³-hybridized carbons (Fsp3) is 0.625. The first-order valence-electron chi connectivity index (χ1n) is 4.12. The number of hydrogen-bond acceptors (Lipinski definition) is 3. The predicted octanol–water partition coefficient (Wildman–Crippen LogP) is 2.44. The van der Waals surface area contributed by atoms with Gasteiger partial charge in [0.05, 0.1) is 0 Å². The van der Waals surface area contributed by atoms with E-state index >= 15 is 0 Å². The van der Waals surface area contributed by atoms with Gasteiger partial charge in [0.1, 0.15) is 9.90 Å². The molecule has 1 rings (SSSR count). The highest BCUT2D eigenvalue weighted by molar-refractivity contribution is 7.11. The Morgan fingerprint density at radius 2 is 2.29 bits per heavy atom. The molecule has 0 aliphatic carbocycles. The van der Waals surface area contributed by atoms with Gasteiger partial charge in [0.15, 0.2) is 0 Å². The summed E-state index contributed by atoms with van der Waals surface area (Å²) in [6.07, 6.45) is 1.65. The summed E-state index contributed by atoms with van der Waals surface area (Å²) in [6, 6.07) is 1.40. The smallest absolute Gasteiger partial charge is 0.261 e. The third-order valence-corrected chi connectivity index (χ3v) is 2.58. The van der Waals surface area contributed by atoms with Gasteiger partial charge in [-0.25, -0.2) is 0 Å². The van der Waals surface area contributed by atoms with Gasteiger partial charge in [-0.1, -0.05) is 36.5 Å². The van der Waals surface area contributed by atoms with Crippen LogP contribution in [0.2, 0.25) is 4.34 Å². The van der Waals surface area contributed by atoms with Gasteiger partial charge >= 0.3 is 0 Å². The number of alkyl halides is 1. The van der Waals surface area contributed by atoms with Crippen LogP contribution in [0.5, 0.6) is 0 Å². The first-order valence-corrected chi connectivity index (χ1v) is 5.71. The Labute approximate surface area is 97.0 Å². The predicted molar refractivity (Wildman–Crippen MR) is 61.3 cm³/mol. The molecule has 0 saturated carbocycles. The van der Waals surface area contributed by atoms with E-state index in [1.54, 1.807) is 7.05 Å². The summed E-state index contributed by atoms with van der Waals surface area (Å²) in [5.74, 6) is 0. The fourth-order valence-corrected chi connectivity index (χ4v) is 1.81. The van der Waals surface area contributed by atoms with E-state index in [-0.39, 0.29) is 5.56 Å². The van der Waals surface area contributed by atoms with Crippen LogP contribution in [0.1, 0.15) is 19.8 Å². The monoisotopic (exact) mass is 257 g/mol. The molecular formula is C8H13Cl2NO2S. The van der Waals surface area contributed by atoms with Crippen molar-refractivity contribution in [3.05, 3.63) is 20.8 Å². The van der Waals surface area contributed by atoms with Crippen molar-refractivity contribution in [2.45, 2.75) is 25.3 Å². The molecule has 1 heterocycles. The molecular weight excluding hydrogens is 245 g/mol. The van der Waals surface area contributed by atoms with Crippen LogP contribution in [0.3, 0.4) is 0 Å².